The normalized spacial score (nSPS) is 24.0. The van der Waals surface area contributed by atoms with Crippen LogP contribution in [0, 0.1) is 17.8 Å². The van der Waals surface area contributed by atoms with Gasteiger partial charge in [0, 0.05) is 12.2 Å². The largest absolute Gasteiger partial charge is 0.389 e. The van der Waals surface area contributed by atoms with Gasteiger partial charge in [-0.15, -0.1) is 0 Å². The van der Waals surface area contributed by atoms with Crippen molar-refractivity contribution in [2.45, 2.75) is 265 Å². The highest BCUT2D eigenvalue weighted by Gasteiger charge is 2.16. The van der Waals surface area contributed by atoms with Gasteiger partial charge in [0.1, 0.15) is 0 Å². The molecule has 1 rings (SSSR count). The fourth-order valence-electron chi connectivity index (χ4n) is 9.59. The van der Waals surface area contributed by atoms with Crippen LogP contribution in [0.2, 0.25) is 0 Å². The molecule has 0 radical (unpaired) electrons. The van der Waals surface area contributed by atoms with Gasteiger partial charge in [-0.05, 0) is 115 Å². The molecule has 2 heteroatoms. The molecule has 0 aromatic rings. The minimum atomic E-state index is 0.907. The summed E-state index contributed by atoms with van der Waals surface area (Å²) in [5.41, 5.74) is 4.15. The SMILES string of the molecule is C=C1CCCCCCCCCC(C)C(CC)CCCCCC(CCCCCCCC)CCC(=C)CCCCCCCN(CCCNC(=C)C)CCCCCCC1. The molecule has 330 valence electrons. The lowest BCUT2D eigenvalue weighted by molar-refractivity contribution is 0.257. The van der Waals surface area contributed by atoms with E-state index < -0.39 is 0 Å². The van der Waals surface area contributed by atoms with Crippen LogP contribution in [0.3, 0.4) is 0 Å². The van der Waals surface area contributed by atoms with Crippen LogP contribution in [0.4, 0.5) is 0 Å². The highest BCUT2D eigenvalue weighted by Crippen LogP contribution is 2.30. The minimum absolute atomic E-state index is 0.907. The second kappa shape index (κ2) is 39.4. The van der Waals surface area contributed by atoms with Gasteiger partial charge in [-0.1, -0.05) is 219 Å². The van der Waals surface area contributed by atoms with Crippen LogP contribution in [-0.2, 0) is 0 Å². The molecule has 3 atom stereocenters. The smallest absolute Gasteiger partial charge is 0.0155 e. The molecule has 0 aromatic heterocycles. The summed E-state index contributed by atoms with van der Waals surface area (Å²) < 4.78 is 0. The van der Waals surface area contributed by atoms with Crippen LogP contribution in [0.5, 0.6) is 0 Å². The third kappa shape index (κ3) is 33.9. The molecule has 0 bridgehead atoms. The Morgan fingerprint density at radius 3 is 1.62 bits per heavy atom. The summed E-state index contributed by atoms with van der Waals surface area (Å²) in [5.74, 6) is 2.77. The quantitative estimate of drug-likeness (QED) is 0.148. The summed E-state index contributed by atoms with van der Waals surface area (Å²) in [6.07, 6.45) is 51.5. The Morgan fingerprint density at radius 1 is 0.554 bits per heavy atom. The van der Waals surface area contributed by atoms with Gasteiger partial charge in [0.15, 0.2) is 0 Å². The summed E-state index contributed by atoms with van der Waals surface area (Å²) in [6.45, 7) is 27.3. The first-order valence-corrected chi connectivity index (χ1v) is 25.8. The van der Waals surface area contributed by atoms with E-state index in [4.69, 9.17) is 0 Å². The zero-order valence-electron chi connectivity index (χ0n) is 39.3. The summed E-state index contributed by atoms with van der Waals surface area (Å²) in [6, 6.07) is 0. The van der Waals surface area contributed by atoms with Crippen LogP contribution in [0.1, 0.15) is 265 Å². The lowest BCUT2D eigenvalue weighted by atomic mass is 9.83. The molecule has 1 N–H and O–H groups in total. The molecule has 1 fully saturated rings. The number of unbranched alkanes of at least 4 members (excludes halogenated alkanes) is 5. The summed E-state index contributed by atoms with van der Waals surface area (Å²) >= 11 is 0. The van der Waals surface area contributed by atoms with E-state index in [0.29, 0.717) is 0 Å². The predicted molar refractivity (Wildman–Crippen MR) is 256 cm³/mol. The van der Waals surface area contributed by atoms with Gasteiger partial charge < -0.3 is 10.2 Å². The predicted octanol–water partition coefficient (Wildman–Crippen LogP) is 17.9. The second-order valence-corrected chi connectivity index (χ2v) is 19.2. The molecule has 0 aromatic carbocycles. The molecule has 56 heavy (non-hydrogen) atoms. The third-order valence-electron chi connectivity index (χ3n) is 13.7. The highest BCUT2D eigenvalue weighted by atomic mass is 15.1. The molecular formula is C54H104N2. The standard InChI is InChI=1S/C54H104N2/c1-8-10-11-12-22-30-40-53-41-31-25-32-42-54(9-2)52(7)39-29-21-15-13-14-18-26-36-50(5)37-27-19-16-23-33-46-56(48-35-45-55-49(3)4)47-34-24-17-20-28-38-51(6)43-44-53/h52-55H,3,5-6,8-48H2,1-2,4,7H3. The molecule has 0 spiro atoms. The molecule has 0 aliphatic carbocycles. The van der Waals surface area contributed by atoms with Crippen LogP contribution in [0.25, 0.3) is 0 Å². The van der Waals surface area contributed by atoms with E-state index in [-0.39, 0.29) is 0 Å². The first-order valence-electron chi connectivity index (χ1n) is 25.8. The molecule has 3 unspecified atom stereocenters. The Hall–Kier alpha value is -1.02. The Bertz CT molecular complexity index is 889. The van der Waals surface area contributed by atoms with Crippen molar-refractivity contribution in [2.24, 2.45) is 17.8 Å². The van der Waals surface area contributed by atoms with E-state index in [2.05, 4.69) is 57.6 Å². The molecule has 1 aliphatic rings. The summed E-state index contributed by atoms with van der Waals surface area (Å²) in [5, 5.41) is 3.44. The van der Waals surface area contributed by atoms with E-state index in [1.807, 2.05) is 0 Å². The van der Waals surface area contributed by atoms with E-state index in [0.717, 1.165) is 30.0 Å². The zero-order chi connectivity index (χ0) is 40.7. The first kappa shape index (κ1) is 53.0. The Balaban J connectivity index is 2.62. The van der Waals surface area contributed by atoms with Crippen molar-refractivity contribution < 1.29 is 0 Å². The molecule has 1 aliphatic heterocycles. The van der Waals surface area contributed by atoms with Crippen LogP contribution < -0.4 is 5.32 Å². The van der Waals surface area contributed by atoms with E-state index in [1.165, 1.54) is 263 Å². The molecule has 1 heterocycles. The van der Waals surface area contributed by atoms with E-state index in [1.54, 1.807) is 5.57 Å². The lowest BCUT2D eigenvalue weighted by Gasteiger charge is -2.23. The van der Waals surface area contributed by atoms with Crippen molar-refractivity contribution in [3.63, 3.8) is 0 Å². The van der Waals surface area contributed by atoms with E-state index >= 15 is 0 Å². The number of nitrogens with one attached hydrogen (secondary N) is 1. The van der Waals surface area contributed by atoms with Gasteiger partial charge in [0.2, 0.25) is 0 Å². The topological polar surface area (TPSA) is 15.3 Å². The highest BCUT2D eigenvalue weighted by molar-refractivity contribution is 4.94. The molecular weight excluding hydrogens is 677 g/mol. The van der Waals surface area contributed by atoms with Crippen LogP contribution in [0.15, 0.2) is 36.6 Å². The van der Waals surface area contributed by atoms with Gasteiger partial charge in [-0.3, -0.25) is 0 Å². The first-order chi connectivity index (χ1) is 27.3. The molecule has 0 amide bonds. The molecule has 1 saturated heterocycles. The second-order valence-electron chi connectivity index (χ2n) is 19.2. The maximum Gasteiger partial charge on any atom is 0.0155 e. The molecule has 2 nitrogen and oxygen atoms in total. The van der Waals surface area contributed by atoms with Crippen molar-refractivity contribution in [3.8, 4) is 0 Å². The summed E-state index contributed by atoms with van der Waals surface area (Å²) in [4.78, 5) is 2.77. The maximum absolute atomic E-state index is 4.60. The zero-order valence-corrected chi connectivity index (χ0v) is 39.3. The number of hydrogen-bond acceptors (Lipinski definition) is 2. The molecule has 0 saturated carbocycles. The number of rotatable bonds is 13. The summed E-state index contributed by atoms with van der Waals surface area (Å²) in [7, 11) is 0. The third-order valence-corrected chi connectivity index (χ3v) is 13.7. The monoisotopic (exact) mass is 781 g/mol. The van der Waals surface area contributed by atoms with Crippen molar-refractivity contribution >= 4 is 0 Å². The van der Waals surface area contributed by atoms with Crippen molar-refractivity contribution in [2.75, 3.05) is 26.2 Å². The fourth-order valence-corrected chi connectivity index (χ4v) is 9.59. The van der Waals surface area contributed by atoms with Gasteiger partial charge in [-0.2, -0.15) is 0 Å². The number of nitrogens with zero attached hydrogens (tertiary/aromatic N) is 1. The van der Waals surface area contributed by atoms with Gasteiger partial charge in [0.05, 0.1) is 0 Å². The van der Waals surface area contributed by atoms with Gasteiger partial charge in [0.25, 0.3) is 0 Å². The van der Waals surface area contributed by atoms with Crippen LogP contribution >= 0.6 is 0 Å². The van der Waals surface area contributed by atoms with Gasteiger partial charge in [-0.25, -0.2) is 0 Å². The Labute approximate surface area is 354 Å². The Morgan fingerprint density at radius 2 is 1.04 bits per heavy atom. The van der Waals surface area contributed by atoms with Gasteiger partial charge >= 0.3 is 0 Å². The maximum atomic E-state index is 4.60. The Kier molecular flexibility index (Phi) is 37.3. The average molecular weight is 781 g/mol. The minimum Gasteiger partial charge on any atom is -0.389 e. The van der Waals surface area contributed by atoms with Crippen molar-refractivity contribution in [3.05, 3.63) is 36.6 Å². The van der Waals surface area contributed by atoms with E-state index in [9.17, 15) is 0 Å². The fraction of sp³-hybridized carbons (Fsp3) is 0.889. The van der Waals surface area contributed by atoms with Crippen molar-refractivity contribution in [1.82, 2.24) is 10.2 Å². The lowest BCUT2D eigenvalue weighted by Crippen LogP contribution is -2.29. The average Bonchev–Trinajstić information content (AvgIpc) is 3.18. The number of hydrogen-bond donors (Lipinski definition) is 1. The number of allylic oxidation sites excluding steroid dienone is 3. The van der Waals surface area contributed by atoms with Crippen LogP contribution in [-0.4, -0.2) is 31.1 Å². The van der Waals surface area contributed by atoms with Crippen molar-refractivity contribution in [1.29, 1.82) is 0 Å².